The second-order valence-electron chi connectivity index (χ2n) is 4.15. The number of aliphatic carboxylic acids is 1. The van der Waals surface area contributed by atoms with Gasteiger partial charge in [0, 0.05) is 11.3 Å². The molecule has 1 aromatic carbocycles. The van der Waals surface area contributed by atoms with Crippen molar-refractivity contribution in [3.63, 3.8) is 0 Å². The molecule has 0 aliphatic carbocycles. The summed E-state index contributed by atoms with van der Waals surface area (Å²) < 4.78 is 1.46. The minimum absolute atomic E-state index is 0.193. The molecule has 0 bridgehead atoms. The van der Waals surface area contributed by atoms with E-state index in [1.54, 1.807) is 25.1 Å². The smallest absolute Gasteiger partial charge is 0.308 e. The van der Waals surface area contributed by atoms with Gasteiger partial charge in [0.05, 0.1) is 28.4 Å². The van der Waals surface area contributed by atoms with Crippen LogP contribution in [-0.2, 0) is 11.2 Å². The van der Waals surface area contributed by atoms with Gasteiger partial charge < -0.3 is 5.11 Å². The van der Waals surface area contributed by atoms with Crippen molar-refractivity contribution in [2.24, 2.45) is 0 Å². The minimum atomic E-state index is -1.07. The third-order valence-corrected chi connectivity index (χ3v) is 3.56. The van der Waals surface area contributed by atoms with Crippen molar-refractivity contribution in [1.29, 1.82) is 0 Å². The summed E-state index contributed by atoms with van der Waals surface area (Å²) in [7, 11) is 0. The zero-order chi connectivity index (χ0) is 14.9. The zero-order valence-corrected chi connectivity index (χ0v) is 11.9. The van der Waals surface area contributed by atoms with E-state index in [-0.39, 0.29) is 12.0 Å². The van der Waals surface area contributed by atoms with Gasteiger partial charge in [0.2, 0.25) is 5.43 Å². The van der Waals surface area contributed by atoms with E-state index in [0.717, 1.165) is 6.20 Å². The maximum atomic E-state index is 11.7. The van der Waals surface area contributed by atoms with E-state index in [0.29, 0.717) is 21.4 Å². The highest BCUT2D eigenvalue weighted by atomic mass is 35.5. The minimum Gasteiger partial charge on any atom is -0.481 e. The van der Waals surface area contributed by atoms with Gasteiger partial charge in [-0.1, -0.05) is 23.2 Å². The Morgan fingerprint density at radius 1 is 1.35 bits per heavy atom. The average molecular weight is 313 g/mol. The molecule has 0 amide bonds. The molecule has 104 valence electrons. The molecule has 0 aliphatic heterocycles. The van der Waals surface area contributed by atoms with E-state index in [4.69, 9.17) is 28.3 Å². The normalized spacial score (nSPS) is 10.6. The van der Waals surface area contributed by atoms with Crippen LogP contribution in [0.5, 0.6) is 0 Å². The molecule has 5 nitrogen and oxygen atoms in total. The monoisotopic (exact) mass is 312 g/mol. The zero-order valence-electron chi connectivity index (χ0n) is 10.4. The van der Waals surface area contributed by atoms with Gasteiger partial charge in [0.15, 0.2) is 0 Å². The van der Waals surface area contributed by atoms with Crippen LogP contribution in [0.25, 0.3) is 5.69 Å². The van der Waals surface area contributed by atoms with Crippen LogP contribution in [0.4, 0.5) is 0 Å². The van der Waals surface area contributed by atoms with Gasteiger partial charge in [-0.15, -0.1) is 0 Å². The molecule has 0 radical (unpaired) electrons. The number of carboxylic acids is 1. The molecular formula is C13H10Cl2N2O3. The Hall–Kier alpha value is -1.85. The van der Waals surface area contributed by atoms with Crippen molar-refractivity contribution in [2.45, 2.75) is 13.3 Å². The lowest BCUT2D eigenvalue weighted by Crippen LogP contribution is -2.21. The molecule has 0 atom stereocenters. The van der Waals surface area contributed by atoms with Gasteiger partial charge in [-0.25, -0.2) is 4.68 Å². The van der Waals surface area contributed by atoms with Gasteiger partial charge in [0.25, 0.3) is 0 Å². The van der Waals surface area contributed by atoms with Gasteiger partial charge in [-0.3, -0.25) is 9.59 Å². The Bertz CT molecular complexity index is 741. The number of hydrogen-bond donors (Lipinski definition) is 1. The number of aromatic nitrogens is 2. The van der Waals surface area contributed by atoms with Crippen molar-refractivity contribution in [3.8, 4) is 5.69 Å². The third kappa shape index (κ3) is 2.84. The lowest BCUT2D eigenvalue weighted by molar-refractivity contribution is -0.136. The molecule has 20 heavy (non-hydrogen) atoms. The Morgan fingerprint density at radius 3 is 2.65 bits per heavy atom. The van der Waals surface area contributed by atoms with Crippen LogP contribution in [0, 0.1) is 6.92 Å². The fourth-order valence-corrected chi connectivity index (χ4v) is 2.12. The molecule has 0 saturated heterocycles. The Kier molecular flexibility index (Phi) is 4.11. The van der Waals surface area contributed by atoms with Crippen LogP contribution >= 0.6 is 23.2 Å². The first kappa shape index (κ1) is 14.6. The first-order chi connectivity index (χ1) is 9.40. The van der Waals surface area contributed by atoms with Crippen LogP contribution in [-0.4, -0.2) is 20.9 Å². The van der Waals surface area contributed by atoms with E-state index < -0.39 is 11.4 Å². The largest absolute Gasteiger partial charge is 0.481 e. The molecule has 2 aromatic rings. The van der Waals surface area contributed by atoms with Crippen LogP contribution in [0.15, 0.2) is 29.2 Å². The molecule has 0 saturated carbocycles. The van der Waals surface area contributed by atoms with Crippen LogP contribution < -0.4 is 5.43 Å². The summed E-state index contributed by atoms with van der Waals surface area (Å²) >= 11 is 11.8. The van der Waals surface area contributed by atoms with E-state index in [2.05, 4.69) is 5.10 Å². The maximum Gasteiger partial charge on any atom is 0.308 e. The topological polar surface area (TPSA) is 72.2 Å². The lowest BCUT2D eigenvalue weighted by Gasteiger charge is -2.12. The molecule has 0 fully saturated rings. The average Bonchev–Trinajstić information content (AvgIpc) is 2.38. The second-order valence-corrected chi connectivity index (χ2v) is 4.97. The van der Waals surface area contributed by atoms with E-state index in [1.807, 2.05) is 0 Å². The molecule has 1 heterocycles. The van der Waals surface area contributed by atoms with Crippen molar-refractivity contribution in [3.05, 3.63) is 55.9 Å². The Morgan fingerprint density at radius 2 is 2.05 bits per heavy atom. The van der Waals surface area contributed by atoms with Crippen molar-refractivity contribution < 1.29 is 9.90 Å². The molecule has 0 spiro atoms. The second kappa shape index (κ2) is 5.64. The fourth-order valence-electron chi connectivity index (χ4n) is 1.82. The number of hydrogen-bond acceptors (Lipinski definition) is 3. The van der Waals surface area contributed by atoms with E-state index in [1.165, 1.54) is 4.68 Å². The quantitative estimate of drug-likeness (QED) is 0.945. The van der Waals surface area contributed by atoms with Crippen LogP contribution in [0.1, 0.15) is 11.3 Å². The number of rotatable bonds is 3. The maximum absolute atomic E-state index is 11.7. The number of carbonyl (C=O) groups is 1. The summed E-state index contributed by atoms with van der Waals surface area (Å²) in [4.78, 5) is 22.5. The fraction of sp³-hybridized carbons (Fsp3) is 0.154. The summed E-state index contributed by atoms with van der Waals surface area (Å²) in [6.45, 7) is 1.63. The highest BCUT2D eigenvalue weighted by Gasteiger charge is 2.13. The first-order valence-electron chi connectivity index (χ1n) is 5.65. The number of benzene rings is 1. The molecular weight excluding hydrogens is 303 g/mol. The van der Waals surface area contributed by atoms with Crippen molar-refractivity contribution >= 4 is 29.2 Å². The number of carboxylic acid groups (broad SMARTS) is 1. The number of nitrogens with zero attached hydrogens (tertiary/aromatic N) is 2. The van der Waals surface area contributed by atoms with Gasteiger partial charge >= 0.3 is 5.97 Å². The van der Waals surface area contributed by atoms with E-state index >= 15 is 0 Å². The summed E-state index contributed by atoms with van der Waals surface area (Å²) in [6, 6.07) is 4.89. The highest BCUT2D eigenvalue weighted by Crippen LogP contribution is 2.24. The first-order valence-corrected chi connectivity index (χ1v) is 6.40. The molecule has 0 unspecified atom stereocenters. The standard InChI is InChI=1S/C13H10Cl2N2O3/c1-7-9(5-13(19)20)12(18)6-16-17(7)8-2-3-10(14)11(15)4-8/h2-4,6H,5H2,1H3,(H,19,20). The summed E-state index contributed by atoms with van der Waals surface area (Å²) in [6.07, 6.45) is 0.738. The number of halogens is 2. The van der Waals surface area contributed by atoms with Gasteiger partial charge in [-0.05, 0) is 25.1 Å². The van der Waals surface area contributed by atoms with E-state index in [9.17, 15) is 9.59 Å². The Balaban J connectivity index is 2.60. The van der Waals surface area contributed by atoms with Crippen molar-refractivity contribution in [2.75, 3.05) is 0 Å². The molecule has 1 N–H and O–H groups in total. The predicted molar refractivity (Wildman–Crippen MR) is 75.9 cm³/mol. The summed E-state index contributed by atoms with van der Waals surface area (Å²) in [5.41, 5.74) is 0.849. The SMILES string of the molecule is Cc1c(CC(=O)O)c(=O)cnn1-c1ccc(Cl)c(Cl)c1. The molecule has 2 rings (SSSR count). The summed E-state index contributed by atoms with van der Waals surface area (Å²) in [5.74, 6) is -1.07. The highest BCUT2D eigenvalue weighted by molar-refractivity contribution is 6.42. The Labute approximate surface area is 124 Å². The van der Waals surface area contributed by atoms with Crippen molar-refractivity contribution in [1.82, 2.24) is 9.78 Å². The van der Waals surface area contributed by atoms with Gasteiger partial charge in [-0.2, -0.15) is 5.10 Å². The molecule has 0 aliphatic rings. The van der Waals surface area contributed by atoms with Gasteiger partial charge in [0.1, 0.15) is 0 Å². The van der Waals surface area contributed by atoms with Crippen LogP contribution in [0.2, 0.25) is 10.0 Å². The summed E-state index contributed by atoms with van der Waals surface area (Å²) in [5, 5.41) is 13.6. The molecule has 1 aromatic heterocycles. The lowest BCUT2D eigenvalue weighted by atomic mass is 10.1. The third-order valence-electron chi connectivity index (χ3n) is 2.82. The van der Waals surface area contributed by atoms with Crippen LogP contribution in [0.3, 0.4) is 0 Å². The molecule has 7 heteroatoms. The predicted octanol–water partition coefficient (Wildman–Crippen LogP) is 2.47.